The highest BCUT2D eigenvalue weighted by molar-refractivity contribution is 14.1. The van der Waals surface area contributed by atoms with Gasteiger partial charge < -0.3 is 15.0 Å². The molecule has 1 atom stereocenters. The molecule has 2 amide bonds. The van der Waals surface area contributed by atoms with Crippen LogP contribution in [0.1, 0.15) is 38.3 Å². The van der Waals surface area contributed by atoms with Crippen LogP contribution >= 0.6 is 22.6 Å². The molecule has 6 heteroatoms. The molecule has 0 aliphatic rings. The Hall–Kier alpha value is -2.09. The van der Waals surface area contributed by atoms with Gasteiger partial charge in [-0.05, 0) is 71.7 Å². The van der Waals surface area contributed by atoms with Gasteiger partial charge in [0.15, 0.2) is 6.61 Å². The highest BCUT2D eigenvalue weighted by Crippen LogP contribution is 2.16. The minimum atomic E-state index is -0.544. The number of benzene rings is 2. The number of halogens is 1. The lowest BCUT2D eigenvalue weighted by Crippen LogP contribution is -2.50. The first-order valence-corrected chi connectivity index (χ1v) is 11.4. The number of amides is 2. The average molecular weight is 522 g/mol. The summed E-state index contributed by atoms with van der Waals surface area (Å²) in [5, 5.41) is 2.97. The molecule has 0 saturated heterocycles. The van der Waals surface area contributed by atoms with Crippen LogP contribution in [0.15, 0.2) is 48.5 Å². The van der Waals surface area contributed by atoms with Gasteiger partial charge in [0.05, 0.1) is 0 Å². The molecule has 0 bridgehead atoms. The Morgan fingerprint density at radius 1 is 1.07 bits per heavy atom. The van der Waals surface area contributed by atoms with Crippen LogP contribution in [0.5, 0.6) is 5.75 Å². The van der Waals surface area contributed by atoms with E-state index in [0.717, 1.165) is 14.7 Å². The summed E-state index contributed by atoms with van der Waals surface area (Å²) in [6.45, 7) is 8.88. The molecule has 0 unspecified atom stereocenters. The Morgan fingerprint density at radius 3 is 2.27 bits per heavy atom. The highest BCUT2D eigenvalue weighted by Gasteiger charge is 2.29. The van der Waals surface area contributed by atoms with Gasteiger partial charge >= 0.3 is 0 Å². The van der Waals surface area contributed by atoms with Crippen molar-refractivity contribution in [3.8, 4) is 5.75 Å². The van der Waals surface area contributed by atoms with Gasteiger partial charge in [-0.15, -0.1) is 0 Å². The fourth-order valence-corrected chi connectivity index (χ4v) is 3.35. The molecule has 0 spiro atoms. The summed E-state index contributed by atoms with van der Waals surface area (Å²) in [6, 6.07) is 15.0. The van der Waals surface area contributed by atoms with Gasteiger partial charge in [0, 0.05) is 16.7 Å². The number of hydrogen-bond acceptors (Lipinski definition) is 3. The van der Waals surface area contributed by atoms with Gasteiger partial charge in [-0.1, -0.05) is 50.6 Å². The Labute approximate surface area is 193 Å². The molecule has 0 aliphatic carbocycles. The molecular formula is C24H31IN2O3. The minimum Gasteiger partial charge on any atom is -0.484 e. The van der Waals surface area contributed by atoms with E-state index in [9.17, 15) is 9.59 Å². The molecule has 162 valence electrons. The molecular weight excluding hydrogens is 491 g/mol. The first kappa shape index (κ1) is 24.2. The summed E-state index contributed by atoms with van der Waals surface area (Å²) in [6.07, 6.45) is 0.533. The Bertz CT molecular complexity index is 819. The highest BCUT2D eigenvalue weighted by atomic mass is 127. The van der Waals surface area contributed by atoms with E-state index in [-0.39, 0.29) is 18.4 Å². The standard InChI is InChI=1S/C24H31IN2O3/c1-5-22(24(29)26-14-17(2)3)27(15-19-8-6-18(4)7-9-19)23(28)16-30-21-12-10-20(25)11-13-21/h6-13,17,22H,5,14-16H2,1-4H3,(H,26,29)/t22-/m0/s1. The Kier molecular flexibility index (Phi) is 9.62. The maximum Gasteiger partial charge on any atom is 0.261 e. The maximum atomic E-state index is 13.1. The molecule has 0 saturated carbocycles. The van der Waals surface area contributed by atoms with Gasteiger partial charge in [-0.2, -0.15) is 0 Å². The van der Waals surface area contributed by atoms with Gasteiger partial charge in [-0.25, -0.2) is 0 Å². The van der Waals surface area contributed by atoms with Crippen LogP contribution < -0.4 is 10.1 Å². The van der Waals surface area contributed by atoms with E-state index >= 15 is 0 Å². The van der Waals surface area contributed by atoms with Crippen molar-refractivity contribution in [2.75, 3.05) is 13.2 Å². The molecule has 0 heterocycles. The van der Waals surface area contributed by atoms with Crippen molar-refractivity contribution in [3.63, 3.8) is 0 Å². The van der Waals surface area contributed by atoms with Crippen molar-refractivity contribution in [3.05, 3.63) is 63.2 Å². The van der Waals surface area contributed by atoms with Gasteiger partial charge in [0.2, 0.25) is 5.91 Å². The third kappa shape index (κ3) is 7.63. The summed E-state index contributed by atoms with van der Waals surface area (Å²) in [5.41, 5.74) is 2.14. The summed E-state index contributed by atoms with van der Waals surface area (Å²) in [5.74, 6) is 0.648. The smallest absolute Gasteiger partial charge is 0.261 e. The van der Waals surface area contributed by atoms with E-state index in [1.54, 1.807) is 4.90 Å². The predicted octanol–water partition coefficient (Wildman–Crippen LogP) is 4.56. The third-order valence-electron chi connectivity index (χ3n) is 4.72. The molecule has 0 aliphatic heterocycles. The van der Waals surface area contributed by atoms with Gasteiger partial charge in [0.25, 0.3) is 5.91 Å². The monoisotopic (exact) mass is 522 g/mol. The second-order valence-electron chi connectivity index (χ2n) is 7.81. The second-order valence-corrected chi connectivity index (χ2v) is 9.06. The minimum absolute atomic E-state index is 0.111. The lowest BCUT2D eigenvalue weighted by molar-refractivity contribution is -0.143. The Balaban J connectivity index is 2.17. The number of rotatable bonds is 10. The average Bonchev–Trinajstić information content (AvgIpc) is 2.72. The number of carbonyl (C=O) groups is 2. The normalized spacial score (nSPS) is 11.8. The number of nitrogens with zero attached hydrogens (tertiary/aromatic N) is 1. The first-order valence-electron chi connectivity index (χ1n) is 10.3. The summed E-state index contributed by atoms with van der Waals surface area (Å²) in [4.78, 5) is 27.6. The van der Waals surface area contributed by atoms with Crippen molar-refractivity contribution in [2.24, 2.45) is 5.92 Å². The van der Waals surface area contributed by atoms with Gasteiger partial charge in [0.1, 0.15) is 11.8 Å². The van der Waals surface area contributed by atoms with Crippen LogP contribution in [0.3, 0.4) is 0 Å². The second kappa shape index (κ2) is 11.9. The number of ether oxygens (including phenoxy) is 1. The molecule has 2 aromatic carbocycles. The van der Waals surface area contributed by atoms with Crippen molar-refractivity contribution in [2.45, 2.75) is 46.7 Å². The number of carbonyl (C=O) groups excluding carboxylic acids is 2. The molecule has 2 rings (SSSR count). The molecule has 0 fully saturated rings. The molecule has 5 nitrogen and oxygen atoms in total. The van der Waals surface area contributed by atoms with Crippen molar-refractivity contribution in [1.82, 2.24) is 10.2 Å². The van der Waals surface area contributed by atoms with Crippen LogP contribution in [0.4, 0.5) is 0 Å². The van der Waals surface area contributed by atoms with E-state index in [1.165, 1.54) is 0 Å². The van der Waals surface area contributed by atoms with Crippen LogP contribution in [0, 0.1) is 16.4 Å². The van der Waals surface area contributed by atoms with E-state index in [4.69, 9.17) is 4.74 Å². The molecule has 0 radical (unpaired) electrons. The topological polar surface area (TPSA) is 58.6 Å². The quantitative estimate of drug-likeness (QED) is 0.466. The van der Waals surface area contributed by atoms with E-state index in [0.29, 0.717) is 31.2 Å². The molecule has 2 aromatic rings. The zero-order chi connectivity index (χ0) is 22.1. The summed E-state index contributed by atoms with van der Waals surface area (Å²) >= 11 is 2.22. The van der Waals surface area contributed by atoms with Crippen molar-refractivity contribution >= 4 is 34.4 Å². The summed E-state index contributed by atoms with van der Waals surface area (Å²) < 4.78 is 6.80. The fourth-order valence-electron chi connectivity index (χ4n) is 2.99. The van der Waals surface area contributed by atoms with Crippen LogP contribution in [-0.4, -0.2) is 35.9 Å². The number of nitrogens with one attached hydrogen (secondary N) is 1. The summed E-state index contributed by atoms with van der Waals surface area (Å²) in [7, 11) is 0. The lowest BCUT2D eigenvalue weighted by atomic mass is 10.1. The predicted molar refractivity (Wildman–Crippen MR) is 128 cm³/mol. The van der Waals surface area contributed by atoms with Crippen molar-refractivity contribution in [1.29, 1.82) is 0 Å². The van der Waals surface area contributed by atoms with Gasteiger partial charge in [-0.3, -0.25) is 9.59 Å². The maximum absolute atomic E-state index is 13.1. The SMILES string of the molecule is CC[C@@H](C(=O)NCC(C)C)N(Cc1ccc(C)cc1)C(=O)COc1ccc(I)cc1. The molecule has 1 N–H and O–H groups in total. The van der Waals surface area contributed by atoms with E-state index < -0.39 is 6.04 Å². The number of aryl methyl sites for hydroxylation is 1. The van der Waals surface area contributed by atoms with Crippen LogP contribution in [-0.2, 0) is 16.1 Å². The van der Waals surface area contributed by atoms with Crippen LogP contribution in [0.2, 0.25) is 0 Å². The molecule has 30 heavy (non-hydrogen) atoms. The zero-order valence-corrected chi connectivity index (χ0v) is 20.3. The van der Waals surface area contributed by atoms with Crippen molar-refractivity contribution < 1.29 is 14.3 Å². The zero-order valence-electron chi connectivity index (χ0n) is 18.2. The fraction of sp³-hybridized carbons (Fsp3) is 0.417. The van der Waals surface area contributed by atoms with E-state index in [2.05, 4.69) is 27.9 Å². The largest absolute Gasteiger partial charge is 0.484 e. The van der Waals surface area contributed by atoms with E-state index in [1.807, 2.05) is 76.2 Å². The molecule has 0 aromatic heterocycles. The Morgan fingerprint density at radius 2 is 1.70 bits per heavy atom. The first-order chi connectivity index (χ1) is 14.3. The third-order valence-corrected chi connectivity index (χ3v) is 5.44. The number of hydrogen-bond donors (Lipinski definition) is 1. The van der Waals surface area contributed by atoms with Crippen LogP contribution in [0.25, 0.3) is 0 Å². The lowest BCUT2D eigenvalue weighted by Gasteiger charge is -2.31.